The van der Waals surface area contributed by atoms with Crippen LogP contribution in [0.3, 0.4) is 0 Å². The largest absolute Gasteiger partial charge is 0.504 e. The van der Waals surface area contributed by atoms with Gasteiger partial charge in [-0.1, -0.05) is 29.9 Å². The number of rotatable bonds is 8. The van der Waals surface area contributed by atoms with Crippen molar-refractivity contribution in [2.75, 3.05) is 24.8 Å². The fourth-order valence-electron chi connectivity index (χ4n) is 2.30. The van der Waals surface area contributed by atoms with Crippen molar-refractivity contribution in [3.63, 3.8) is 0 Å². The first-order valence-corrected chi connectivity index (χ1v) is 10.2. The second kappa shape index (κ2) is 8.08. The molecule has 0 saturated carbocycles. The first kappa shape index (κ1) is 22.2. The molecule has 0 aromatic heterocycles. The summed E-state index contributed by atoms with van der Waals surface area (Å²) in [7, 11) is -1.98. The van der Waals surface area contributed by atoms with Crippen LogP contribution in [-0.2, 0) is 14.9 Å². The van der Waals surface area contributed by atoms with Gasteiger partial charge in [-0.05, 0) is 25.0 Å². The van der Waals surface area contributed by atoms with E-state index in [4.69, 9.17) is 11.6 Å². The molecule has 0 radical (unpaired) electrons. The molecular weight excluding hydrogens is 410 g/mol. The fourth-order valence-corrected chi connectivity index (χ4v) is 3.86. The Balaban J connectivity index is 2.48. The van der Waals surface area contributed by atoms with Gasteiger partial charge in [0.15, 0.2) is 5.75 Å². The minimum atomic E-state index is -4.26. The number of benzene rings is 1. The molecule has 0 heterocycles. The number of hydrogen-bond acceptors (Lipinski definition) is 8. The minimum Gasteiger partial charge on any atom is -0.504 e. The normalized spacial score (nSPS) is 13.3. The lowest BCUT2D eigenvalue weighted by molar-refractivity contribution is -0.0259. The first-order chi connectivity index (χ1) is 12.9. The molecule has 154 valence electrons. The molecule has 0 bridgehead atoms. The second-order valence-electron chi connectivity index (χ2n) is 6.58. The third kappa shape index (κ3) is 3.86. The van der Waals surface area contributed by atoms with Gasteiger partial charge in [0.25, 0.3) is 20.9 Å². The predicted octanol–water partition coefficient (Wildman–Crippen LogP) is 2.02. The topological polar surface area (TPSA) is 125 Å². The van der Waals surface area contributed by atoms with Crippen molar-refractivity contribution >= 4 is 38.7 Å². The van der Waals surface area contributed by atoms with Crippen LogP contribution in [0.15, 0.2) is 26.6 Å². The number of phenolic OH excluding ortho intramolecular Hbond substituents is 1. The Hall–Kier alpha value is -2.14. The fraction of sp³-hybridized carbons (Fsp3) is 0.412. The molecule has 0 aliphatic rings. The van der Waals surface area contributed by atoms with Gasteiger partial charge in [0.1, 0.15) is 16.3 Å². The van der Waals surface area contributed by atoms with Crippen LogP contribution >= 0.6 is 11.6 Å². The number of aromatic hydroxyl groups is 1. The van der Waals surface area contributed by atoms with Crippen molar-refractivity contribution in [3.8, 4) is 5.75 Å². The molecule has 28 heavy (non-hydrogen) atoms. The summed E-state index contributed by atoms with van der Waals surface area (Å²) in [6, 6.07) is 2.46. The molecule has 11 heteroatoms. The Morgan fingerprint density at radius 2 is 1.71 bits per heavy atom. The summed E-state index contributed by atoms with van der Waals surface area (Å²) in [5, 5.41) is 15.8. The van der Waals surface area contributed by atoms with Gasteiger partial charge in [-0.3, -0.25) is 14.4 Å². The minimum absolute atomic E-state index is 0.0569. The van der Waals surface area contributed by atoms with Crippen molar-refractivity contribution in [2.45, 2.75) is 31.7 Å². The maximum Gasteiger partial charge on any atom is 0.269 e. The highest BCUT2D eigenvalue weighted by Gasteiger charge is 2.30. The highest BCUT2D eigenvalue weighted by molar-refractivity contribution is 7.89. The van der Waals surface area contributed by atoms with E-state index < -0.39 is 31.5 Å². The zero-order valence-electron chi connectivity index (χ0n) is 16.0. The van der Waals surface area contributed by atoms with Gasteiger partial charge in [0.05, 0.1) is 17.8 Å². The lowest BCUT2D eigenvalue weighted by atomic mass is 10.0. The average Bonchev–Trinajstić information content (AvgIpc) is 2.64. The molecule has 0 fully saturated rings. The molecule has 3 N–H and O–H groups in total. The van der Waals surface area contributed by atoms with Crippen LogP contribution in [0.25, 0.3) is 0 Å². The Kier molecular flexibility index (Phi) is 6.39. The maximum absolute atomic E-state index is 12.5. The summed E-state index contributed by atoms with van der Waals surface area (Å²) in [6.45, 7) is 5.76. The molecule has 0 aliphatic heterocycles. The van der Waals surface area contributed by atoms with E-state index in [2.05, 4.69) is 15.5 Å². The first-order valence-electron chi connectivity index (χ1n) is 8.34. The highest BCUT2D eigenvalue weighted by Crippen LogP contribution is 2.39. The van der Waals surface area contributed by atoms with Gasteiger partial charge in [0, 0.05) is 13.1 Å². The van der Waals surface area contributed by atoms with E-state index in [9.17, 15) is 23.1 Å². The number of phenols is 1. The van der Waals surface area contributed by atoms with Gasteiger partial charge < -0.3 is 15.7 Å². The molecule has 2 rings (SSSR count). The SMILES string of the molecule is CON(C)S(=O)(=O)c1c(Cl)ccc(Nc2c(NC(C)C(C)C)c(=O)c2=O)c1O. The molecule has 1 unspecified atom stereocenters. The molecule has 0 aliphatic carbocycles. The lowest BCUT2D eigenvalue weighted by Gasteiger charge is -2.23. The summed E-state index contributed by atoms with van der Waals surface area (Å²) < 4.78 is 25.6. The molecule has 0 spiro atoms. The Morgan fingerprint density at radius 1 is 1.14 bits per heavy atom. The number of hydrogen-bond donors (Lipinski definition) is 3. The van der Waals surface area contributed by atoms with E-state index >= 15 is 0 Å². The predicted molar refractivity (Wildman–Crippen MR) is 108 cm³/mol. The zero-order valence-corrected chi connectivity index (χ0v) is 17.6. The number of anilines is 3. The van der Waals surface area contributed by atoms with Crippen molar-refractivity contribution in [1.29, 1.82) is 0 Å². The molecule has 0 saturated heterocycles. The number of hydroxylamine groups is 1. The number of nitrogens with one attached hydrogen (secondary N) is 2. The van der Waals surface area contributed by atoms with E-state index in [1.54, 1.807) is 0 Å². The molecule has 0 amide bonds. The van der Waals surface area contributed by atoms with Gasteiger partial charge >= 0.3 is 0 Å². The molecule has 2 aromatic carbocycles. The van der Waals surface area contributed by atoms with Crippen LogP contribution in [0.4, 0.5) is 17.1 Å². The quantitative estimate of drug-likeness (QED) is 0.329. The van der Waals surface area contributed by atoms with E-state index in [1.807, 2.05) is 20.8 Å². The second-order valence-corrected chi connectivity index (χ2v) is 8.86. The number of sulfonamides is 1. The van der Waals surface area contributed by atoms with Crippen molar-refractivity contribution < 1.29 is 18.4 Å². The van der Waals surface area contributed by atoms with Gasteiger partial charge in [-0.25, -0.2) is 8.42 Å². The zero-order chi connectivity index (χ0) is 21.4. The van der Waals surface area contributed by atoms with Gasteiger partial charge in [0.2, 0.25) is 0 Å². The summed E-state index contributed by atoms with van der Waals surface area (Å²) in [6.07, 6.45) is 0. The van der Waals surface area contributed by atoms with Gasteiger partial charge in [-0.2, -0.15) is 0 Å². The van der Waals surface area contributed by atoms with E-state index in [1.165, 1.54) is 12.1 Å². The summed E-state index contributed by atoms with van der Waals surface area (Å²) in [4.78, 5) is 28.0. The monoisotopic (exact) mass is 431 g/mol. The molecule has 2 aromatic rings. The summed E-state index contributed by atoms with van der Waals surface area (Å²) in [5.74, 6) is -0.505. The molecule has 1 atom stereocenters. The molecular formula is C17H22ClN3O6S. The van der Waals surface area contributed by atoms with Crippen molar-refractivity contribution in [1.82, 2.24) is 4.47 Å². The summed E-state index contributed by atoms with van der Waals surface area (Å²) in [5.41, 5.74) is -1.53. The van der Waals surface area contributed by atoms with E-state index in [0.717, 1.165) is 14.2 Å². The average molecular weight is 432 g/mol. The third-order valence-electron chi connectivity index (χ3n) is 4.48. The van der Waals surface area contributed by atoms with Crippen LogP contribution in [0.1, 0.15) is 20.8 Å². The van der Waals surface area contributed by atoms with Crippen LogP contribution < -0.4 is 21.5 Å². The lowest BCUT2D eigenvalue weighted by Crippen LogP contribution is -2.39. The summed E-state index contributed by atoms with van der Waals surface area (Å²) >= 11 is 5.96. The van der Waals surface area contributed by atoms with Crippen LogP contribution in [0.2, 0.25) is 5.02 Å². The standard InChI is InChI=1S/C17H22ClN3O6S/c1-8(2)9(3)19-12-13(16(24)15(12)23)20-11-7-6-10(18)17(14(11)22)28(25,26)21(4)27-5/h6-9,19-20,22H,1-5H3. The van der Waals surface area contributed by atoms with E-state index in [0.29, 0.717) is 4.47 Å². The van der Waals surface area contributed by atoms with E-state index in [-0.39, 0.29) is 34.0 Å². The van der Waals surface area contributed by atoms with Gasteiger partial charge in [-0.15, -0.1) is 0 Å². The van der Waals surface area contributed by atoms with Crippen LogP contribution in [-0.4, -0.2) is 38.2 Å². The molecule has 9 nitrogen and oxygen atoms in total. The number of nitrogens with zero attached hydrogens (tertiary/aromatic N) is 1. The highest BCUT2D eigenvalue weighted by atomic mass is 35.5. The van der Waals surface area contributed by atoms with Crippen LogP contribution in [0, 0.1) is 5.92 Å². The number of halogens is 1. The van der Waals surface area contributed by atoms with Crippen LogP contribution in [0.5, 0.6) is 5.75 Å². The Morgan fingerprint density at radius 3 is 2.25 bits per heavy atom. The third-order valence-corrected chi connectivity index (χ3v) is 6.66. The van der Waals surface area contributed by atoms with Crippen molar-refractivity contribution in [3.05, 3.63) is 37.6 Å². The Labute approximate surface area is 167 Å². The maximum atomic E-state index is 12.5. The van der Waals surface area contributed by atoms with Crippen molar-refractivity contribution in [2.24, 2.45) is 5.92 Å². The smallest absolute Gasteiger partial charge is 0.269 e. The Bertz CT molecular complexity index is 1060.